The van der Waals surface area contributed by atoms with E-state index in [1.54, 1.807) is 14.0 Å². The fraction of sp³-hybridized carbons (Fsp3) is 0.600. The fourth-order valence-corrected chi connectivity index (χ4v) is 1.22. The number of hydrogen-bond acceptors (Lipinski definition) is 5. The molecule has 0 aliphatic rings. The summed E-state index contributed by atoms with van der Waals surface area (Å²) < 4.78 is 15.7. The number of hydrogen-bond donors (Lipinski definition) is 2. The Morgan fingerprint density at radius 3 is 2.73 bits per heavy atom. The summed E-state index contributed by atoms with van der Waals surface area (Å²) in [7, 11) is -0.655. The normalized spacial score (nSPS) is 14.6. The fourth-order valence-electron chi connectivity index (χ4n) is 0.487. The number of nitrogens with zero attached hydrogens (tertiary/aromatic N) is 1. The van der Waals surface area contributed by atoms with E-state index in [1.165, 1.54) is 11.2 Å². The Bertz CT molecular complexity index is 169. The summed E-state index contributed by atoms with van der Waals surface area (Å²) in [6, 6.07) is 0. The predicted octanol–water partition coefficient (Wildman–Crippen LogP) is 0.0607. The van der Waals surface area contributed by atoms with Crippen LogP contribution in [-0.2, 0) is 9.09 Å². The van der Waals surface area contributed by atoms with Gasteiger partial charge in [-0.2, -0.15) is 0 Å². The molecule has 0 aliphatic heterocycles. The lowest BCUT2D eigenvalue weighted by molar-refractivity contribution is 0.353. The van der Waals surface area contributed by atoms with Gasteiger partial charge in [0.15, 0.2) is 0 Å². The largest absolute Gasteiger partial charge is 0.393 e. The van der Waals surface area contributed by atoms with Crippen molar-refractivity contribution < 1.29 is 9.09 Å². The van der Waals surface area contributed by atoms with Crippen LogP contribution in [0.5, 0.6) is 0 Å². The van der Waals surface area contributed by atoms with E-state index < -0.39 is 8.03 Å². The van der Waals surface area contributed by atoms with E-state index in [1.807, 2.05) is 0 Å². The monoisotopic (exact) mass is 179 g/mol. The first-order chi connectivity index (χ1) is 5.07. The molecule has 4 N–H and O–H groups in total. The summed E-state index contributed by atoms with van der Waals surface area (Å²) in [6.45, 7) is 2.14. The highest BCUT2D eigenvalue weighted by molar-refractivity contribution is 7.44. The SMILES string of the molecule is CCO[PH](=O)/C(N)=C/N(C)N. The molecule has 0 fully saturated rings. The van der Waals surface area contributed by atoms with Crippen molar-refractivity contribution in [3.8, 4) is 0 Å². The average Bonchev–Trinajstić information content (AvgIpc) is 1.86. The lowest BCUT2D eigenvalue weighted by Gasteiger charge is -2.07. The number of hydrazine groups is 1. The molecule has 0 bridgehead atoms. The van der Waals surface area contributed by atoms with E-state index in [-0.39, 0.29) is 5.44 Å². The summed E-state index contributed by atoms with van der Waals surface area (Å²) in [5.41, 5.74) is 5.53. The van der Waals surface area contributed by atoms with Crippen LogP contribution >= 0.6 is 8.03 Å². The molecule has 0 aromatic rings. The van der Waals surface area contributed by atoms with Gasteiger partial charge in [0, 0.05) is 13.2 Å². The molecule has 66 valence electrons. The minimum atomic E-state index is -2.25. The van der Waals surface area contributed by atoms with Gasteiger partial charge in [-0.25, -0.2) is 5.84 Å². The van der Waals surface area contributed by atoms with Gasteiger partial charge in [-0.05, 0) is 6.92 Å². The molecule has 0 radical (unpaired) electrons. The van der Waals surface area contributed by atoms with Crippen molar-refractivity contribution in [2.24, 2.45) is 11.6 Å². The second kappa shape index (κ2) is 5.18. The molecule has 0 rings (SSSR count). The molecule has 0 aromatic carbocycles. The number of nitrogens with two attached hydrogens (primary N) is 2. The Balaban J connectivity index is 4.01. The van der Waals surface area contributed by atoms with Gasteiger partial charge in [-0.3, -0.25) is 4.57 Å². The molecule has 6 heteroatoms. The smallest absolute Gasteiger partial charge is 0.237 e. The van der Waals surface area contributed by atoms with Crippen LogP contribution in [0.25, 0.3) is 0 Å². The van der Waals surface area contributed by atoms with Gasteiger partial charge in [0.1, 0.15) is 5.44 Å². The zero-order valence-corrected chi connectivity index (χ0v) is 7.70. The molecule has 5 nitrogen and oxygen atoms in total. The van der Waals surface area contributed by atoms with Gasteiger partial charge >= 0.3 is 0 Å². The molecule has 0 aromatic heterocycles. The predicted molar refractivity (Wildman–Crippen MR) is 44.8 cm³/mol. The Morgan fingerprint density at radius 1 is 1.82 bits per heavy atom. The van der Waals surface area contributed by atoms with E-state index >= 15 is 0 Å². The Labute approximate surface area is 66.8 Å². The minimum Gasteiger partial charge on any atom is -0.393 e. The van der Waals surface area contributed by atoms with Crippen molar-refractivity contribution in [1.29, 1.82) is 0 Å². The number of rotatable bonds is 4. The van der Waals surface area contributed by atoms with Crippen LogP contribution < -0.4 is 11.6 Å². The van der Waals surface area contributed by atoms with Crippen LogP contribution in [0.4, 0.5) is 0 Å². The van der Waals surface area contributed by atoms with Crippen LogP contribution in [0.3, 0.4) is 0 Å². The Kier molecular flexibility index (Phi) is 4.94. The minimum absolute atomic E-state index is 0.182. The molecule has 0 saturated heterocycles. The molecule has 1 atom stereocenters. The van der Waals surface area contributed by atoms with E-state index in [2.05, 4.69) is 0 Å². The maximum Gasteiger partial charge on any atom is 0.237 e. The molecular weight excluding hydrogens is 165 g/mol. The third kappa shape index (κ3) is 4.84. The van der Waals surface area contributed by atoms with Gasteiger partial charge < -0.3 is 15.3 Å². The maximum absolute atomic E-state index is 11.0. The molecular formula is C5H14N3O2P. The van der Waals surface area contributed by atoms with E-state index in [0.29, 0.717) is 6.61 Å². The van der Waals surface area contributed by atoms with Gasteiger partial charge in [0.25, 0.3) is 0 Å². The molecule has 0 spiro atoms. The quantitative estimate of drug-likeness (QED) is 0.362. The highest BCUT2D eigenvalue weighted by Crippen LogP contribution is 2.28. The summed E-state index contributed by atoms with van der Waals surface area (Å²) in [6.07, 6.45) is 1.37. The molecule has 0 amide bonds. The molecule has 1 unspecified atom stereocenters. The third-order valence-electron chi connectivity index (χ3n) is 0.854. The van der Waals surface area contributed by atoms with Gasteiger partial charge in [-0.15, -0.1) is 0 Å². The lowest BCUT2D eigenvalue weighted by atomic mass is 10.9. The molecule has 0 saturated carbocycles. The zero-order chi connectivity index (χ0) is 8.85. The Morgan fingerprint density at radius 2 is 2.36 bits per heavy atom. The van der Waals surface area contributed by atoms with Crippen molar-refractivity contribution in [3.63, 3.8) is 0 Å². The lowest BCUT2D eigenvalue weighted by Crippen LogP contribution is -2.20. The molecule has 11 heavy (non-hydrogen) atoms. The van der Waals surface area contributed by atoms with Crippen LogP contribution in [0.15, 0.2) is 11.6 Å². The average molecular weight is 179 g/mol. The van der Waals surface area contributed by atoms with Gasteiger partial charge in [-0.1, -0.05) is 0 Å². The van der Waals surface area contributed by atoms with Crippen molar-refractivity contribution in [1.82, 2.24) is 5.01 Å². The highest BCUT2D eigenvalue weighted by atomic mass is 31.1. The van der Waals surface area contributed by atoms with Crippen LogP contribution in [0.2, 0.25) is 0 Å². The van der Waals surface area contributed by atoms with Crippen molar-refractivity contribution in [2.75, 3.05) is 13.7 Å². The summed E-state index contributed by atoms with van der Waals surface area (Å²) in [5, 5.41) is 1.23. The Hall–Kier alpha value is -0.510. The first kappa shape index (κ1) is 10.5. The maximum atomic E-state index is 11.0. The molecule has 0 aliphatic carbocycles. The van der Waals surface area contributed by atoms with E-state index in [9.17, 15) is 4.57 Å². The molecule has 0 heterocycles. The van der Waals surface area contributed by atoms with Crippen molar-refractivity contribution >= 4 is 8.03 Å². The van der Waals surface area contributed by atoms with Crippen LogP contribution in [0.1, 0.15) is 6.92 Å². The summed E-state index contributed by atoms with van der Waals surface area (Å²) in [4.78, 5) is 0. The van der Waals surface area contributed by atoms with Crippen molar-refractivity contribution in [2.45, 2.75) is 6.92 Å². The van der Waals surface area contributed by atoms with Gasteiger partial charge in [0.05, 0.1) is 6.61 Å². The van der Waals surface area contributed by atoms with Crippen LogP contribution in [-0.4, -0.2) is 18.7 Å². The first-order valence-corrected chi connectivity index (χ1v) is 4.51. The van der Waals surface area contributed by atoms with E-state index in [4.69, 9.17) is 16.1 Å². The second-order valence-corrected chi connectivity index (χ2v) is 3.41. The first-order valence-electron chi connectivity index (χ1n) is 3.19. The van der Waals surface area contributed by atoms with Crippen LogP contribution in [0, 0.1) is 0 Å². The van der Waals surface area contributed by atoms with Gasteiger partial charge in [0.2, 0.25) is 8.03 Å². The highest BCUT2D eigenvalue weighted by Gasteiger charge is 2.01. The standard InChI is InChI=1S/C5H14N3O2P/c1-3-10-11(9)5(6)4-8(2)7/h4,11H,3,6-7H2,1-2H3/b5-4+. The summed E-state index contributed by atoms with van der Waals surface area (Å²) >= 11 is 0. The zero-order valence-electron chi connectivity index (χ0n) is 6.70. The third-order valence-corrected chi connectivity index (χ3v) is 2.01. The van der Waals surface area contributed by atoms with E-state index in [0.717, 1.165) is 0 Å². The summed E-state index contributed by atoms with van der Waals surface area (Å²) in [5.74, 6) is 5.23. The topological polar surface area (TPSA) is 81.6 Å². The second-order valence-electron chi connectivity index (χ2n) is 1.97. The van der Waals surface area contributed by atoms with Crippen molar-refractivity contribution in [3.05, 3.63) is 11.6 Å².